The van der Waals surface area contributed by atoms with Crippen LogP contribution >= 0.6 is 11.6 Å². The lowest BCUT2D eigenvalue weighted by Gasteiger charge is -2.49. The molecule has 0 unspecified atom stereocenters. The normalized spacial score (nSPS) is 19.2. The van der Waals surface area contributed by atoms with Gasteiger partial charge in [-0.3, -0.25) is 14.4 Å². The lowest BCUT2D eigenvalue weighted by atomic mass is 9.63. The highest BCUT2D eigenvalue weighted by atomic mass is 35.5. The number of ketones is 2. The molecule has 0 atom stereocenters. The largest absolute Gasteiger partial charge is 0.490 e. The molecule has 2 aliphatic carbocycles. The van der Waals surface area contributed by atoms with Crippen molar-refractivity contribution >= 4 is 34.8 Å². The van der Waals surface area contributed by atoms with Crippen molar-refractivity contribution in [3.05, 3.63) is 74.6 Å². The number of amides is 1. The number of halogens is 1. The van der Waals surface area contributed by atoms with Crippen LogP contribution in [0.4, 0.5) is 5.69 Å². The van der Waals surface area contributed by atoms with Crippen LogP contribution in [0.1, 0.15) is 96.3 Å². The highest BCUT2D eigenvalue weighted by molar-refractivity contribution is 6.32. The lowest BCUT2D eigenvalue weighted by molar-refractivity contribution is -0.120. The summed E-state index contributed by atoms with van der Waals surface area (Å²) in [6.45, 7) is 17.3. The summed E-state index contributed by atoms with van der Waals surface area (Å²) in [5, 5.41) is 3.17. The summed E-state index contributed by atoms with van der Waals surface area (Å²) in [5.41, 5.74) is 6.48. The van der Waals surface area contributed by atoms with Gasteiger partial charge < -0.3 is 19.7 Å². The second-order valence-corrected chi connectivity index (χ2v) is 15.0. The van der Waals surface area contributed by atoms with Gasteiger partial charge in [0.2, 0.25) is 0 Å². The Morgan fingerprint density at radius 2 is 1.52 bits per heavy atom. The van der Waals surface area contributed by atoms with Gasteiger partial charge in [-0.25, -0.2) is 0 Å². The number of benzene rings is 2. The number of hydrogen-bond acceptors (Lipinski definition) is 6. The topological polar surface area (TPSA) is 84.9 Å². The second kappa shape index (κ2) is 12.9. The molecule has 246 valence electrons. The van der Waals surface area contributed by atoms with E-state index in [1.165, 1.54) is 0 Å². The van der Waals surface area contributed by atoms with Crippen LogP contribution in [0.3, 0.4) is 0 Å². The maximum absolute atomic E-state index is 14.1. The van der Waals surface area contributed by atoms with E-state index >= 15 is 0 Å². The molecule has 0 saturated heterocycles. The molecular formula is C38H47ClN2O5. The first kappa shape index (κ1) is 33.8. The van der Waals surface area contributed by atoms with Crippen molar-refractivity contribution in [1.29, 1.82) is 0 Å². The predicted molar refractivity (Wildman–Crippen MR) is 182 cm³/mol. The Bertz CT molecular complexity index is 1600. The van der Waals surface area contributed by atoms with Crippen molar-refractivity contribution in [3.8, 4) is 11.5 Å². The van der Waals surface area contributed by atoms with Crippen molar-refractivity contribution in [2.45, 2.75) is 93.4 Å². The van der Waals surface area contributed by atoms with Crippen LogP contribution < -0.4 is 14.8 Å². The zero-order valence-electron chi connectivity index (χ0n) is 28.5. The van der Waals surface area contributed by atoms with Gasteiger partial charge in [0.25, 0.3) is 5.91 Å². The second-order valence-electron chi connectivity index (χ2n) is 14.6. The molecule has 0 spiro atoms. The lowest BCUT2D eigenvalue weighted by Crippen LogP contribution is -2.44. The summed E-state index contributed by atoms with van der Waals surface area (Å²) in [6.07, 6.45) is 3.21. The van der Waals surface area contributed by atoms with E-state index in [1.807, 2.05) is 45.0 Å². The fourth-order valence-electron chi connectivity index (χ4n) is 7.23. The van der Waals surface area contributed by atoms with Crippen LogP contribution in [0.5, 0.6) is 11.5 Å². The molecule has 7 nitrogen and oxygen atoms in total. The Hall–Kier alpha value is -3.58. The molecular weight excluding hydrogens is 600 g/mol. The van der Waals surface area contributed by atoms with Gasteiger partial charge in [0, 0.05) is 53.5 Å². The van der Waals surface area contributed by atoms with Crippen LogP contribution in [0.25, 0.3) is 0 Å². The predicted octanol–water partition coefficient (Wildman–Crippen LogP) is 8.47. The smallest absolute Gasteiger partial charge is 0.262 e. The van der Waals surface area contributed by atoms with Gasteiger partial charge in [0.15, 0.2) is 29.7 Å². The van der Waals surface area contributed by atoms with Crippen molar-refractivity contribution in [2.75, 3.05) is 25.1 Å². The fraction of sp³-hybridized carbons (Fsp3) is 0.500. The summed E-state index contributed by atoms with van der Waals surface area (Å²) < 4.78 is 12.0. The summed E-state index contributed by atoms with van der Waals surface area (Å²) in [6, 6.07) is 9.48. The molecule has 1 amide bonds. The Balaban J connectivity index is 1.57. The molecule has 0 aromatic heterocycles. The molecule has 1 aliphatic heterocycles. The Morgan fingerprint density at radius 1 is 0.913 bits per heavy atom. The number of carbonyl (C=O) groups excluding carboxylic acids is 3. The Morgan fingerprint density at radius 3 is 2.09 bits per heavy atom. The van der Waals surface area contributed by atoms with Gasteiger partial charge in [-0.05, 0) is 85.8 Å². The van der Waals surface area contributed by atoms with Gasteiger partial charge in [0.1, 0.15) is 0 Å². The van der Waals surface area contributed by atoms with Crippen LogP contribution in [-0.4, -0.2) is 42.1 Å². The summed E-state index contributed by atoms with van der Waals surface area (Å²) in [4.78, 5) is 43.3. The molecule has 2 aromatic rings. The summed E-state index contributed by atoms with van der Waals surface area (Å²) in [7, 11) is 0. The van der Waals surface area contributed by atoms with Gasteiger partial charge in [0.05, 0.1) is 11.6 Å². The van der Waals surface area contributed by atoms with Crippen molar-refractivity contribution < 1.29 is 23.9 Å². The highest BCUT2D eigenvalue weighted by Crippen LogP contribution is 2.55. The number of ether oxygens (including phenoxy) is 2. The molecule has 1 heterocycles. The first-order chi connectivity index (χ1) is 21.6. The van der Waals surface area contributed by atoms with Gasteiger partial charge in [-0.1, -0.05) is 58.4 Å². The molecule has 5 rings (SSSR count). The molecule has 0 bridgehead atoms. The van der Waals surface area contributed by atoms with Crippen molar-refractivity contribution in [2.24, 2.45) is 10.8 Å². The standard InChI is InChI=1S/C38H47ClN2O5/c1-9-13-41-27-17-37(5,6)19-29(42)34(27)33(35-28(41)18-38(7,8)20-30(35)43)24-15-25(39)36(31(16-24)45-10-2)46-21-32(44)40-26-14-22(3)11-12-23(26)4/h11-12,14-16,33H,9-10,13,17-21H2,1-8H3,(H,40,44). The summed E-state index contributed by atoms with van der Waals surface area (Å²) in [5.74, 6) is -0.115. The number of anilines is 1. The van der Waals surface area contributed by atoms with E-state index in [0.717, 1.165) is 59.6 Å². The van der Waals surface area contributed by atoms with E-state index in [0.29, 0.717) is 36.3 Å². The summed E-state index contributed by atoms with van der Waals surface area (Å²) >= 11 is 6.92. The van der Waals surface area contributed by atoms with Crippen LogP contribution in [0.2, 0.25) is 5.02 Å². The number of Topliss-reactive ketones (excluding diaryl/α,β-unsaturated/α-hetero) is 2. The van der Waals surface area contributed by atoms with E-state index in [9.17, 15) is 14.4 Å². The quantitative estimate of drug-likeness (QED) is 0.294. The number of carbonyl (C=O) groups is 3. The minimum atomic E-state index is -0.552. The monoisotopic (exact) mass is 646 g/mol. The first-order valence-electron chi connectivity index (χ1n) is 16.4. The molecule has 0 saturated carbocycles. The SMILES string of the molecule is CCCN1C2=C(C(=O)CC(C)(C)C2)C(c2cc(Cl)c(OCC(=O)Nc3cc(C)ccc3C)c(OCC)c2)C2=C1CC(C)(C)CC2=O. The molecule has 3 aliphatic rings. The van der Waals surface area contributed by atoms with Crippen LogP contribution in [-0.2, 0) is 14.4 Å². The van der Waals surface area contributed by atoms with Crippen molar-refractivity contribution in [1.82, 2.24) is 4.90 Å². The third-order valence-corrected chi connectivity index (χ3v) is 9.43. The van der Waals surface area contributed by atoms with E-state index in [2.05, 4.69) is 44.8 Å². The molecule has 1 N–H and O–H groups in total. The van der Waals surface area contributed by atoms with Gasteiger partial charge >= 0.3 is 0 Å². The minimum absolute atomic E-state index is 0.0686. The molecule has 0 fully saturated rings. The molecule has 0 radical (unpaired) electrons. The Kier molecular flexibility index (Phi) is 9.47. The number of rotatable bonds is 9. The first-order valence-corrected chi connectivity index (χ1v) is 16.8. The average molecular weight is 647 g/mol. The number of hydrogen-bond donors (Lipinski definition) is 1. The zero-order chi connectivity index (χ0) is 33.6. The van der Waals surface area contributed by atoms with Crippen molar-refractivity contribution in [3.63, 3.8) is 0 Å². The average Bonchev–Trinajstić information content (AvgIpc) is 2.94. The third-order valence-electron chi connectivity index (χ3n) is 9.15. The highest BCUT2D eigenvalue weighted by Gasteiger charge is 2.49. The maximum atomic E-state index is 14.1. The van der Waals surface area contributed by atoms with Gasteiger partial charge in [-0.2, -0.15) is 0 Å². The molecule has 2 aromatic carbocycles. The number of nitrogens with zero attached hydrogens (tertiary/aromatic N) is 1. The van der Waals surface area contributed by atoms with Gasteiger partial charge in [-0.15, -0.1) is 0 Å². The number of allylic oxidation sites excluding steroid dienone is 4. The zero-order valence-corrected chi connectivity index (χ0v) is 29.2. The molecule has 8 heteroatoms. The number of aryl methyl sites for hydroxylation is 2. The van der Waals surface area contributed by atoms with E-state index in [1.54, 1.807) is 6.07 Å². The van der Waals surface area contributed by atoms with E-state index in [4.69, 9.17) is 21.1 Å². The fourth-order valence-corrected chi connectivity index (χ4v) is 7.50. The van der Waals surface area contributed by atoms with Crippen LogP contribution in [0, 0.1) is 24.7 Å². The minimum Gasteiger partial charge on any atom is -0.490 e. The number of nitrogens with one attached hydrogen (secondary N) is 1. The van der Waals surface area contributed by atoms with E-state index in [-0.39, 0.29) is 45.7 Å². The third kappa shape index (κ3) is 6.76. The Labute approximate surface area is 278 Å². The maximum Gasteiger partial charge on any atom is 0.262 e. The van der Waals surface area contributed by atoms with E-state index < -0.39 is 5.92 Å². The van der Waals surface area contributed by atoms with Crippen LogP contribution in [0.15, 0.2) is 52.9 Å². The molecule has 46 heavy (non-hydrogen) atoms.